The zero-order valence-electron chi connectivity index (χ0n) is 11.4. The second-order valence-corrected chi connectivity index (χ2v) is 6.47. The fourth-order valence-corrected chi connectivity index (χ4v) is 3.50. The van der Waals surface area contributed by atoms with Crippen LogP contribution in [0.15, 0.2) is 40.9 Å². The Hall–Kier alpha value is -1.06. The van der Waals surface area contributed by atoms with Crippen LogP contribution >= 0.6 is 15.9 Å². The van der Waals surface area contributed by atoms with E-state index in [1.807, 2.05) is 18.2 Å². The molecule has 0 amide bonds. The average molecular weight is 335 g/mol. The fourth-order valence-electron chi connectivity index (χ4n) is 2.89. The van der Waals surface area contributed by atoms with Gasteiger partial charge in [0, 0.05) is 0 Å². The minimum Gasteiger partial charge on any atom is -0.489 e. The van der Waals surface area contributed by atoms with E-state index in [4.69, 9.17) is 4.74 Å². The van der Waals surface area contributed by atoms with Gasteiger partial charge in [0.2, 0.25) is 0 Å². The molecular weight excluding hydrogens is 316 g/mol. The SMILES string of the molecule is OC1(COc2ccc3ccccc3c2Br)CCCCC1. The van der Waals surface area contributed by atoms with Crippen molar-refractivity contribution < 1.29 is 9.84 Å². The molecule has 2 aromatic rings. The molecule has 1 saturated carbocycles. The van der Waals surface area contributed by atoms with E-state index in [0.29, 0.717) is 6.61 Å². The first-order valence-corrected chi connectivity index (χ1v) is 8.00. The molecule has 2 nitrogen and oxygen atoms in total. The first-order chi connectivity index (χ1) is 9.68. The van der Waals surface area contributed by atoms with Gasteiger partial charge in [0.25, 0.3) is 0 Å². The minimum absolute atomic E-state index is 0.379. The molecule has 0 bridgehead atoms. The molecule has 20 heavy (non-hydrogen) atoms. The number of hydrogen-bond donors (Lipinski definition) is 1. The van der Waals surface area contributed by atoms with E-state index in [1.165, 1.54) is 11.8 Å². The van der Waals surface area contributed by atoms with Crippen LogP contribution in [0.4, 0.5) is 0 Å². The van der Waals surface area contributed by atoms with Crippen molar-refractivity contribution in [1.82, 2.24) is 0 Å². The Morgan fingerprint density at radius 3 is 2.60 bits per heavy atom. The molecule has 2 aromatic carbocycles. The molecule has 0 heterocycles. The number of ether oxygens (including phenoxy) is 1. The summed E-state index contributed by atoms with van der Waals surface area (Å²) in [5.41, 5.74) is -0.649. The summed E-state index contributed by atoms with van der Waals surface area (Å²) >= 11 is 3.62. The van der Waals surface area contributed by atoms with Gasteiger partial charge >= 0.3 is 0 Å². The van der Waals surface area contributed by atoms with E-state index < -0.39 is 5.60 Å². The minimum atomic E-state index is -0.649. The monoisotopic (exact) mass is 334 g/mol. The van der Waals surface area contributed by atoms with Gasteiger partial charge in [0.15, 0.2) is 0 Å². The summed E-state index contributed by atoms with van der Waals surface area (Å²) in [6, 6.07) is 12.2. The van der Waals surface area contributed by atoms with Crippen LogP contribution < -0.4 is 4.74 Å². The summed E-state index contributed by atoms with van der Waals surface area (Å²) < 4.78 is 6.86. The summed E-state index contributed by atoms with van der Waals surface area (Å²) in [6.45, 7) is 0.379. The normalized spacial score (nSPS) is 18.1. The largest absolute Gasteiger partial charge is 0.489 e. The molecule has 1 fully saturated rings. The maximum atomic E-state index is 10.5. The molecule has 0 aliphatic heterocycles. The molecule has 0 aromatic heterocycles. The maximum Gasteiger partial charge on any atom is 0.134 e. The first kappa shape index (κ1) is 13.9. The topological polar surface area (TPSA) is 29.5 Å². The number of halogens is 1. The van der Waals surface area contributed by atoms with Gasteiger partial charge in [-0.05, 0) is 45.6 Å². The van der Waals surface area contributed by atoms with Gasteiger partial charge in [0.1, 0.15) is 12.4 Å². The van der Waals surface area contributed by atoms with Crippen LogP contribution in [0.2, 0.25) is 0 Å². The van der Waals surface area contributed by atoms with Gasteiger partial charge < -0.3 is 9.84 Å². The van der Waals surface area contributed by atoms with Gasteiger partial charge in [-0.3, -0.25) is 0 Å². The summed E-state index contributed by atoms with van der Waals surface area (Å²) in [5.74, 6) is 0.808. The number of aliphatic hydroxyl groups is 1. The van der Waals surface area contributed by atoms with E-state index >= 15 is 0 Å². The maximum absolute atomic E-state index is 10.5. The second-order valence-electron chi connectivity index (χ2n) is 5.67. The molecule has 3 rings (SSSR count). The molecular formula is C17H19BrO2. The molecule has 1 aliphatic carbocycles. The quantitative estimate of drug-likeness (QED) is 0.883. The Morgan fingerprint density at radius 2 is 1.80 bits per heavy atom. The lowest BCUT2D eigenvalue weighted by atomic mass is 9.85. The van der Waals surface area contributed by atoms with Crippen molar-refractivity contribution in [2.45, 2.75) is 37.7 Å². The Bertz CT molecular complexity index is 603. The number of rotatable bonds is 3. The summed E-state index contributed by atoms with van der Waals surface area (Å²) in [6.07, 6.45) is 5.11. The molecule has 0 unspecified atom stereocenters. The van der Waals surface area contributed by atoms with Gasteiger partial charge in [-0.15, -0.1) is 0 Å². The highest BCUT2D eigenvalue weighted by molar-refractivity contribution is 9.10. The summed E-state index contributed by atoms with van der Waals surface area (Å²) in [4.78, 5) is 0. The fraction of sp³-hybridized carbons (Fsp3) is 0.412. The highest BCUT2D eigenvalue weighted by atomic mass is 79.9. The molecule has 0 spiro atoms. The van der Waals surface area contributed by atoms with Gasteiger partial charge in [0.05, 0.1) is 10.1 Å². The Labute approximate surface area is 127 Å². The van der Waals surface area contributed by atoms with E-state index in [0.717, 1.165) is 41.3 Å². The second kappa shape index (κ2) is 5.74. The van der Waals surface area contributed by atoms with E-state index in [-0.39, 0.29) is 0 Å². The Morgan fingerprint density at radius 1 is 1.05 bits per heavy atom. The third kappa shape index (κ3) is 2.84. The van der Waals surface area contributed by atoms with E-state index in [2.05, 4.69) is 34.1 Å². The van der Waals surface area contributed by atoms with Crippen LogP contribution in [0.5, 0.6) is 5.75 Å². The number of fused-ring (bicyclic) bond motifs is 1. The van der Waals surface area contributed by atoms with Crippen LogP contribution in [0.1, 0.15) is 32.1 Å². The molecule has 106 valence electrons. The summed E-state index contributed by atoms with van der Waals surface area (Å²) in [7, 11) is 0. The van der Waals surface area contributed by atoms with Crippen molar-refractivity contribution in [3.8, 4) is 5.75 Å². The molecule has 3 heteroatoms. The first-order valence-electron chi connectivity index (χ1n) is 7.20. The lowest BCUT2D eigenvalue weighted by Crippen LogP contribution is -2.37. The van der Waals surface area contributed by atoms with Crippen molar-refractivity contribution >= 4 is 26.7 Å². The van der Waals surface area contributed by atoms with Gasteiger partial charge in [-0.2, -0.15) is 0 Å². The smallest absolute Gasteiger partial charge is 0.134 e. The van der Waals surface area contributed by atoms with Crippen molar-refractivity contribution in [1.29, 1.82) is 0 Å². The van der Waals surface area contributed by atoms with Crippen LogP contribution in [0, 0.1) is 0 Å². The third-order valence-corrected chi connectivity index (χ3v) is 4.93. The zero-order valence-corrected chi connectivity index (χ0v) is 13.0. The van der Waals surface area contributed by atoms with Crippen LogP contribution in [0.25, 0.3) is 10.8 Å². The van der Waals surface area contributed by atoms with Crippen LogP contribution in [0.3, 0.4) is 0 Å². The Balaban J connectivity index is 1.79. The number of benzene rings is 2. The van der Waals surface area contributed by atoms with Crippen molar-refractivity contribution in [3.05, 3.63) is 40.9 Å². The van der Waals surface area contributed by atoms with Crippen molar-refractivity contribution in [3.63, 3.8) is 0 Å². The van der Waals surface area contributed by atoms with Gasteiger partial charge in [-0.25, -0.2) is 0 Å². The zero-order chi connectivity index (χ0) is 14.0. The van der Waals surface area contributed by atoms with E-state index in [9.17, 15) is 5.11 Å². The molecule has 0 saturated heterocycles. The van der Waals surface area contributed by atoms with Crippen LogP contribution in [-0.4, -0.2) is 17.3 Å². The van der Waals surface area contributed by atoms with Gasteiger partial charge in [-0.1, -0.05) is 49.6 Å². The Kier molecular flexibility index (Phi) is 3.99. The molecule has 1 aliphatic rings. The number of hydrogen-bond acceptors (Lipinski definition) is 2. The highest BCUT2D eigenvalue weighted by Crippen LogP contribution is 2.35. The van der Waals surface area contributed by atoms with Crippen molar-refractivity contribution in [2.75, 3.05) is 6.61 Å². The van der Waals surface area contributed by atoms with Crippen LogP contribution in [-0.2, 0) is 0 Å². The average Bonchev–Trinajstić information content (AvgIpc) is 2.48. The third-order valence-electron chi connectivity index (χ3n) is 4.11. The molecule has 1 N–H and O–H groups in total. The predicted octanol–water partition coefficient (Wildman–Crippen LogP) is 4.68. The van der Waals surface area contributed by atoms with Crippen molar-refractivity contribution in [2.24, 2.45) is 0 Å². The summed E-state index contributed by atoms with van der Waals surface area (Å²) in [5, 5.41) is 12.8. The highest BCUT2D eigenvalue weighted by Gasteiger charge is 2.30. The lowest BCUT2D eigenvalue weighted by Gasteiger charge is -2.31. The lowest BCUT2D eigenvalue weighted by molar-refractivity contribution is -0.0340. The predicted molar refractivity (Wildman–Crippen MR) is 85.2 cm³/mol. The molecule has 0 radical (unpaired) electrons. The van der Waals surface area contributed by atoms with E-state index in [1.54, 1.807) is 0 Å². The standard InChI is InChI=1S/C17H19BrO2/c18-16-14-7-3-2-6-13(14)8-9-15(16)20-12-17(19)10-4-1-5-11-17/h2-3,6-9,19H,1,4-5,10-12H2. The molecule has 0 atom stereocenters.